The Kier molecular flexibility index (Phi) is 12.0. The van der Waals surface area contributed by atoms with E-state index in [4.69, 9.17) is 0 Å². The van der Waals surface area contributed by atoms with Gasteiger partial charge in [-0.3, -0.25) is 9.97 Å². The lowest BCUT2D eigenvalue weighted by atomic mass is 10.3. The summed E-state index contributed by atoms with van der Waals surface area (Å²) in [5.41, 5.74) is 1.82. The number of hydrogen-bond donors (Lipinski definition) is 0. The lowest BCUT2D eigenvalue weighted by Gasteiger charge is -1.89. The van der Waals surface area contributed by atoms with E-state index in [2.05, 4.69) is 19.9 Å². The molecule has 0 bridgehead atoms. The molecule has 4 rings (SSSR count). The van der Waals surface area contributed by atoms with Gasteiger partial charge in [-0.25, -0.2) is 13.8 Å². The Morgan fingerprint density at radius 2 is 1.29 bits per heavy atom. The van der Waals surface area contributed by atoms with Crippen LogP contribution in [0.3, 0.4) is 0 Å². The Balaban J connectivity index is 0.000000228. The van der Waals surface area contributed by atoms with Crippen molar-refractivity contribution in [3.63, 3.8) is 0 Å². The van der Waals surface area contributed by atoms with E-state index in [0.717, 1.165) is 6.07 Å². The smallest absolute Gasteiger partial charge is 0.358 e. The van der Waals surface area contributed by atoms with Gasteiger partial charge in [0, 0.05) is 35.9 Å². The Morgan fingerprint density at radius 3 is 1.68 bits per heavy atom. The second-order valence-electron chi connectivity index (χ2n) is 6.43. The van der Waals surface area contributed by atoms with Gasteiger partial charge in [-0.1, -0.05) is 6.07 Å². The Labute approximate surface area is 193 Å². The summed E-state index contributed by atoms with van der Waals surface area (Å²) in [6.07, 6.45) is 8.30. The molecule has 0 N–H and O–H groups in total. The summed E-state index contributed by atoms with van der Waals surface area (Å²) >= 11 is 0. The predicted molar refractivity (Wildman–Crippen MR) is 118 cm³/mol. The van der Waals surface area contributed by atoms with Crippen molar-refractivity contribution in [1.29, 1.82) is 0 Å². The van der Waals surface area contributed by atoms with Crippen LogP contribution in [0.5, 0.6) is 0 Å². The van der Waals surface area contributed by atoms with E-state index >= 15 is 0 Å². The number of nitrogens with zero attached hydrogens (tertiary/aromatic N) is 5. The van der Waals surface area contributed by atoms with Crippen molar-refractivity contribution in [2.24, 2.45) is 0 Å². The molecule has 0 unspecified atom stereocenters. The highest BCUT2D eigenvalue weighted by atomic mass is 19.1. The minimum absolute atomic E-state index is 0.194. The molecular weight excluding hydrogens is 454 g/mol. The number of pyridine rings is 4. The standard InChI is InChI=1S/3C6H6FN.C5H3FN2O2/c1-5-4-8-3-2-6(5)7;1-5-2-3-8-4-6(5)7;1-5-3-2-4-8-6(5)7;6-4-2-1-3-7-5(4)8(9)10/h3*2-4H,1H3;1-3H. The summed E-state index contributed by atoms with van der Waals surface area (Å²) in [6.45, 7) is 5.07. The molecule has 0 atom stereocenters. The van der Waals surface area contributed by atoms with Crippen LogP contribution in [0.1, 0.15) is 16.7 Å². The van der Waals surface area contributed by atoms with Crippen LogP contribution < -0.4 is 0 Å². The number of aryl methyl sites for hydroxylation is 3. The van der Waals surface area contributed by atoms with Gasteiger partial charge in [-0.2, -0.15) is 8.78 Å². The third-order valence-electron chi connectivity index (χ3n) is 3.78. The fourth-order valence-electron chi connectivity index (χ4n) is 1.88. The van der Waals surface area contributed by atoms with Crippen LogP contribution in [-0.2, 0) is 0 Å². The SMILES string of the molecule is Cc1cccnc1F.Cc1ccncc1F.Cc1cnccc1F.O=[N+]([O-])c1ncccc1F. The molecule has 0 saturated carbocycles. The highest BCUT2D eigenvalue weighted by Gasteiger charge is 2.12. The number of nitro groups is 1. The molecule has 34 heavy (non-hydrogen) atoms. The normalized spacial score (nSPS) is 9.26. The van der Waals surface area contributed by atoms with Gasteiger partial charge >= 0.3 is 5.82 Å². The van der Waals surface area contributed by atoms with Crippen molar-refractivity contribution in [3.8, 4) is 0 Å². The van der Waals surface area contributed by atoms with E-state index in [1.54, 1.807) is 45.2 Å². The summed E-state index contributed by atoms with van der Waals surface area (Å²) in [5.74, 6) is -2.46. The Morgan fingerprint density at radius 1 is 0.676 bits per heavy atom. The molecule has 0 amide bonds. The summed E-state index contributed by atoms with van der Waals surface area (Å²) in [6, 6.07) is 8.65. The maximum atomic E-state index is 12.3. The van der Waals surface area contributed by atoms with E-state index in [9.17, 15) is 27.7 Å². The van der Waals surface area contributed by atoms with Gasteiger partial charge in [0.1, 0.15) is 17.8 Å². The first-order valence-corrected chi connectivity index (χ1v) is 9.57. The van der Waals surface area contributed by atoms with Gasteiger partial charge in [0.15, 0.2) is 0 Å². The molecule has 0 aliphatic carbocycles. The van der Waals surface area contributed by atoms with Crippen LogP contribution in [-0.4, -0.2) is 24.9 Å². The van der Waals surface area contributed by atoms with Gasteiger partial charge in [-0.05, 0) is 66.6 Å². The predicted octanol–water partition coefficient (Wildman–Crippen LogP) is 5.72. The molecule has 4 aromatic heterocycles. The Bertz CT molecular complexity index is 1030. The zero-order chi connectivity index (χ0) is 25.5. The van der Waals surface area contributed by atoms with Gasteiger partial charge in [0.25, 0.3) is 0 Å². The van der Waals surface area contributed by atoms with E-state index in [1.807, 2.05) is 0 Å². The minimum atomic E-state index is -0.910. The first-order valence-electron chi connectivity index (χ1n) is 9.57. The highest BCUT2D eigenvalue weighted by molar-refractivity contribution is 5.19. The second-order valence-corrected chi connectivity index (χ2v) is 6.43. The third-order valence-corrected chi connectivity index (χ3v) is 3.78. The fraction of sp³-hybridized carbons (Fsp3) is 0.130. The zero-order valence-corrected chi connectivity index (χ0v) is 18.5. The molecule has 4 heterocycles. The number of halogens is 4. The molecule has 0 radical (unpaired) electrons. The molecule has 0 saturated heterocycles. The van der Waals surface area contributed by atoms with Gasteiger partial charge in [0.2, 0.25) is 11.8 Å². The van der Waals surface area contributed by atoms with Crippen LogP contribution in [0.2, 0.25) is 0 Å². The average Bonchev–Trinajstić information content (AvgIpc) is 2.81. The fourth-order valence-corrected chi connectivity index (χ4v) is 1.88. The number of aromatic nitrogens is 4. The van der Waals surface area contributed by atoms with Crippen LogP contribution >= 0.6 is 0 Å². The average molecular weight is 475 g/mol. The summed E-state index contributed by atoms with van der Waals surface area (Å²) in [5, 5.41) is 9.92. The van der Waals surface area contributed by atoms with Crippen LogP contribution in [0.25, 0.3) is 0 Å². The third kappa shape index (κ3) is 10.4. The largest absolute Gasteiger partial charge is 0.399 e. The van der Waals surface area contributed by atoms with E-state index in [0.29, 0.717) is 16.7 Å². The monoisotopic (exact) mass is 475 g/mol. The maximum absolute atomic E-state index is 12.3. The highest BCUT2D eigenvalue weighted by Crippen LogP contribution is 2.10. The van der Waals surface area contributed by atoms with Gasteiger partial charge in [0.05, 0.1) is 6.20 Å². The summed E-state index contributed by atoms with van der Waals surface area (Å²) < 4.78 is 49.1. The maximum Gasteiger partial charge on any atom is 0.399 e. The molecule has 178 valence electrons. The molecule has 0 aromatic carbocycles. The number of hydrogen-bond acceptors (Lipinski definition) is 6. The van der Waals surface area contributed by atoms with E-state index in [-0.39, 0.29) is 17.6 Å². The Hall–Kier alpha value is -4.28. The molecule has 0 aliphatic heterocycles. The second kappa shape index (κ2) is 14.7. The molecule has 0 spiro atoms. The zero-order valence-electron chi connectivity index (χ0n) is 18.5. The van der Waals surface area contributed by atoms with Crippen molar-refractivity contribution in [2.45, 2.75) is 20.8 Å². The minimum Gasteiger partial charge on any atom is -0.358 e. The van der Waals surface area contributed by atoms with Crippen LogP contribution in [0, 0.1) is 54.3 Å². The molecule has 0 fully saturated rings. The molecule has 0 aliphatic rings. The lowest BCUT2D eigenvalue weighted by Crippen LogP contribution is -1.94. The molecule has 7 nitrogen and oxygen atoms in total. The van der Waals surface area contributed by atoms with Crippen molar-refractivity contribution in [3.05, 3.63) is 124 Å². The first-order chi connectivity index (χ1) is 16.1. The topological polar surface area (TPSA) is 94.7 Å². The van der Waals surface area contributed by atoms with Gasteiger partial charge < -0.3 is 10.1 Å². The first kappa shape index (κ1) is 27.8. The van der Waals surface area contributed by atoms with E-state index in [1.165, 1.54) is 43.1 Å². The summed E-state index contributed by atoms with van der Waals surface area (Å²) in [7, 11) is 0. The van der Waals surface area contributed by atoms with Crippen molar-refractivity contribution >= 4 is 5.82 Å². The quantitative estimate of drug-likeness (QED) is 0.151. The molecular formula is C23H21F4N5O2. The van der Waals surface area contributed by atoms with Crippen LogP contribution in [0.15, 0.2) is 73.6 Å². The van der Waals surface area contributed by atoms with Crippen LogP contribution in [0.4, 0.5) is 23.4 Å². The molecule has 4 aromatic rings. The van der Waals surface area contributed by atoms with Crippen molar-refractivity contribution in [2.75, 3.05) is 0 Å². The van der Waals surface area contributed by atoms with E-state index < -0.39 is 16.6 Å². The van der Waals surface area contributed by atoms with Crippen molar-refractivity contribution in [1.82, 2.24) is 19.9 Å². The number of rotatable bonds is 1. The molecule has 11 heteroatoms. The van der Waals surface area contributed by atoms with Gasteiger partial charge in [-0.15, -0.1) is 0 Å². The summed E-state index contributed by atoms with van der Waals surface area (Å²) in [4.78, 5) is 23.0. The van der Waals surface area contributed by atoms with Crippen molar-refractivity contribution < 1.29 is 22.5 Å². The lowest BCUT2D eigenvalue weighted by molar-refractivity contribution is -0.392.